The molecule has 0 fully saturated rings. The maximum Gasteiger partial charge on any atom is 0.303 e. The summed E-state index contributed by atoms with van der Waals surface area (Å²) < 4.78 is 0. The van der Waals surface area contributed by atoms with E-state index in [0.29, 0.717) is 13.0 Å². The molecule has 0 aliphatic heterocycles. The van der Waals surface area contributed by atoms with Crippen LogP contribution < -0.4 is 5.32 Å². The Kier molecular flexibility index (Phi) is 7.54. The molecule has 5 heteroatoms. The van der Waals surface area contributed by atoms with Crippen molar-refractivity contribution in [3.63, 3.8) is 0 Å². The lowest BCUT2D eigenvalue weighted by atomic mass is 10.2. The van der Waals surface area contributed by atoms with Gasteiger partial charge in [0.1, 0.15) is 0 Å². The zero-order valence-electron chi connectivity index (χ0n) is 11.2. The number of aliphatic carboxylic acids is 1. The normalized spacial score (nSPS) is 10.9. The molecule has 1 amide bonds. The highest BCUT2D eigenvalue weighted by Crippen LogP contribution is 2.04. The van der Waals surface area contributed by atoms with Gasteiger partial charge in [-0.05, 0) is 40.7 Å². The fourth-order valence-electron chi connectivity index (χ4n) is 1.82. The van der Waals surface area contributed by atoms with E-state index in [1.165, 1.54) is 0 Å². The molecule has 100 valence electrons. The van der Waals surface area contributed by atoms with Gasteiger partial charge in [-0.15, -0.1) is 0 Å². The van der Waals surface area contributed by atoms with Crippen LogP contribution in [-0.4, -0.2) is 47.1 Å². The number of nitrogens with one attached hydrogen (secondary N) is 1. The molecule has 2 N–H and O–H groups in total. The predicted octanol–water partition coefficient (Wildman–Crippen LogP) is 1.09. The molecule has 0 saturated heterocycles. The van der Waals surface area contributed by atoms with E-state index in [0.717, 1.165) is 0 Å². The second-order valence-corrected chi connectivity index (χ2v) is 4.66. The molecule has 0 unspecified atom stereocenters. The monoisotopic (exact) mass is 244 g/mol. The molecule has 0 aromatic heterocycles. The van der Waals surface area contributed by atoms with Crippen LogP contribution in [0.5, 0.6) is 0 Å². The Bertz CT molecular complexity index is 244. The van der Waals surface area contributed by atoms with E-state index in [9.17, 15) is 9.59 Å². The third-order valence-electron chi connectivity index (χ3n) is 2.42. The summed E-state index contributed by atoms with van der Waals surface area (Å²) in [5.74, 6) is -0.741. The molecule has 0 spiro atoms. The van der Waals surface area contributed by atoms with E-state index in [4.69, 9.17) is 5.11 Å². The Morgan fingerprint density at radius 1 is 1.18 bits per heavy atom. The summed E-state index contributed by atoms with van der Waals surface area (Å²) in [5, 5.41) is 11.4. The smallest absolute Gasteiger partial charge is 0.303 e. The van der Waals surface area contributed by atoms with E-state index >= 15 is 0 Å². The first kappa shape index (κ1) is 15.9. The van der Waals surface area contributed by atoms with Gasteiger partial charge in [0.2, 0.25) is 5.91 Å². The van der Waals surface area contributed by atoms with Crippen molar-refractivity contribution in [1.29, 1.82) is 0 Å². The number of carbonyl (C=O) groups is 2. The minimum Gasteiger partial charge on any atom is -0.481 e. The number of carbonyl (C=O) groups excluding carboxylic acids is 1. The summed E-state index contributed by atoms with van der Waals surface area (Å²) in [4.78, 5) is 24.0. The molecule has 0 bridgehead atoms. The maximum absolute atomic E-state index is 11.9. The van der Waals surface area contributed by atoms with Crippen molar-refractivity contribution < 1.29 is 14.7 Å². The van der Waals surface area contributed by atoms with Crippen LogP contribution >= 0.6 is 0 Å². The predicted molar refractivity (Wildman–Crippen MR) is 66.9 cm³/mol. The topological polar surface area (TPSA) is 69.6 Å². The van der Waals surface area contributed by atoms with E-state index in [1.807, 2.05) is 32.6 Å². The van der Waals surface area contributed by atoms with Crippen molar-refractivity contribution in [2.75, 3.05) is 13.1 Å². The largest absolute Gasteiger partial charge is 0.481 e. The first-order valence-corrected chi connectivity index (χ1v) is 6.10. The average Bonchev–Trinajstić information content (AvgIpc) is 2.15. The number of carboxylic acid groups (broad SMARTS) is 1. The van der Waals surface area contributed by atoms with Gasteiger partial charge in [-0.3, -0.25) is 9.59 Å². The van der Waals surface area contributed by atoms with Crippen molar-refractivity contribution in [3.8, 4) is 0 Å². The van der Waals surface area contributed by atoms with Crippen LogP contribution in [0.15, 0.2) is 0 Å². The Labute approximate surface area is 103 Å². The Morgan fingerprint density at radius 2 is 1.71 bits per heavy atom. The van der Waals surface area contributed by atoms with Crippen molar-refractivity contribution in [2.24, 2.45) is 0 Å². The third kappa shape index (κ3) is 6.94. The molecule has 0 aliphatic rings. The van der Waals surface area contributed by atoms with Gasteiger partial charge < -0.3 is 15.3 Å². The Hall–Kier alpha value is -1.10. The molecule has 0 radical (unpaired) electrons. The van der Waals surface area contributed by atoms with Gasteiger partial charge in [0, 0.05) is 18.5 Å². The second-order valence-electron chi connectivity index (χ2n) is 4.66. The number of nitrogens with zero attached hydrogens (tertiary/aromatic N) is 1. The third-order valence-corrected chi connectivity index (χ3v) is 2.42. The minimum atomic E-state index is -0.802. The van der Waals surface area contributed by atoms with E-state index in [1.54, 1.807) is 0 Å². The summed E-state index contributed by atoms with van der Waals surface area (Å²) in [7, 11) is 0. The van der Waals surface area contributed by atoms with Gasteiger partial charge in [0.05, 0.1) is 6.54 Å². The summed E-state index contributed by atoms with van der Waals surface area (Å²) in [5.41, 5.74) is 0. The van der Waals surface area contributed by atoms with Crippen molar-refractivity contribution in [3.05, 3.63) is 0 Å². The standard InChI is InChI=1S/C12H24N2O3/c1-9(2)14(10(3)4)11(15)8-13-7-5-6-12(16)17/h9-10,13H,5-8H2,1-4H3,(H,16,17). The van der Waals surface area contributed by atoms with Crippen molar-refractivity contribution in [2.45, 2.75) is 52.6 Å². The molecule has 0 atom stereocenters. The van der Waals surface area contributed by atoms with E-state index < -0.39 is 5.97 Å². The van der Waals surface area contributed by atoms with Crippen LogP contribution in [0.25, 0.3) is 0 Å². The Morgan fingerprint density at radius 3 is 2.12 bits per heavy atom. The van der Waals surface area contributed by atoms with Crippen LogP contribution in [0.1, 0.15) is 40.5 Å². The van der Waals surface area contributed by atoms with Crippen molar-refractivity contribution in [1.82, 2.24) is 10.2 Å². The van der Waals surface area contributed by atoms with E-state index in [-0.39, 0.29) is 31.0 Å². The van der Waals surface area contributed by atoms with Gasteiger partial charge in [-0.1, -0.05) is 0 Å². The fourth-order valence-corrected chi connectivity index (χ4v) is 1.82. The van der Waals surface area contributed by atoms with Crippen LogP contribution in [0.4, 0.5) is 0 Å². The van der Waals surface area contributed by atoms with Crippen LogP contribution in [0.2, 0.25) is 0 Å². The zero-order valence-corrected chi connectivity index (χ0v) is 11.2. The average molecular weight is 244 g/mol. The molecule has 5 nitrogen and oxygen atoms in total. The molecule has 0 rings (SSSR count). The quantitative estimate of drug-likeness (QED) is 0.627. The van der Waals surface area contributed by atoms with Gasteiger partial charge >= 0.3 is 5.97 Å². The second kappa shape index (κ2) is 8.06. The number of hydrogen-bond acceptors (Lipinski definition) is 3. The SMILES string of the molecule is CC(C)N(C(=O)CNCCCC(=O)O)C(C)C. The molecule has 0 saturated carbocycles. The Balaban J connectivity index is 3.87. The van der Waals surface area contributed by atoms with Crippen molar-refractivity contribution >= 4 is 11.9 Å². The van der Waals surface area contributed by atoms with Gasteiger partial charge in [-0.2, -0.15) is 0 Å². The zero-order chi connectivity index (χ0) is 13.4. The van der Waals surface area contributed by atoms with Crippen LogP contribution in [0.3, 0.4) is 0 Å². The molecule has 0 heterocycles. The van der Waals surface area contributed by atoms with Gasteiger partial charge in [0.25, 0.3) is 0 Å². The number of carboxylic acids is 1. The van der Waals surface area contributed by atoms with Crippen LogP contribution in [0, 0.1) is 0 Å². The highest BCUT2D eigenvalue weighted by atomic mass is 16.4. The molecule has 0 aromatic rings. The maximum atomic E-state index is 11.9. The number of rotatable bonds is 8. The van der Waals surface area contributed by atoms with E-state index in [2.05, 4.69) is 5.32 Å². The fraction of sp³-hybridized carbons (Fsp3) is 0.833. The first-order valence-electron chi connectivity index (χ1n) is 6.10. The lowest BCUT2D eigenvalue weighted by Gasteiger charge is -2.30. The minimum absolute atomic E-state index is 0.0605. The summed E-state index contributed by atoms with van der Waals surface area (Å²) >= 11 is 0. The molecular formula is C12H24N2O3. The van der Waals surface area contributed by atoms with Gasteiger partial charge in [-0.25, -0.2) is 0 Å². The summed E-state index contributed by atoms with van der Waals surface area (Å²) in [6.07, 6.45) is 0.686. The summed E-state index contributed by atoms with van der Waals surface area (Å²) in [6, 6.07) is 0.367. The molecule has 0 aliphatic carbocycles. The highest BCUT2D eigenvalue weighted by Gasteiger charge is 2.18. The highest BCUT2D eigenvalue weighted by molar-refractivity contribution is 5.78. The number of amides is 1. The van der Waals surface area contributed by atoms with Gasteiger partial charge in [0.15, 0.2) is 0 Å². The molecular weight excluding hydrogens is 220 g/mol. The lowest BCUT2D eigenvalue weighted by Crippen LogP contribution is -2.46. The molecule has 17 heavy (non-hydrogen) atoms. The number of hydrogen-bond donors (Lipinski definition) is 2. The lowest BCUT2D eigenvalue weighted by molar-refractivity contribution is -0.137. The van der Waals surface area contributed by atoms with Crippen LogP contribution in [-0.2, 0) is 9.59 Å². The molecule has 0 aromatic carbocycles. The summed E-state index contributed by atoms with van der Waals surface area (Å²) in [6.45, 7) is 8.79. The first-order chi connectivity index (χ1) is 7.86.